The van der Waals surface area contributed by atoms with Crippen molar-refractivity contribution in [2.24, 2.45) is 0 Å². The fourth-order valence-corrected chi connectivity index (χ4v) is 1.29. The Labute approximate surface area is 56.6 Å². The summed E-state index contributed by atoms with van der Waals surface area (Å²) >= 11 is 0. The quantitative estimate of drug-likeness (QED) is 0.521. The molecule has 0 radical (unpaired) electrons. The van der Waals surface area contributed by atoms with E-state index in [1.165, 1.54) is 6.42 Å². The number of rotatable bonds is 0. The maximum absolute atomic E-state index is 5.29. The van der Waals surface area contributed by atoms with Crippen molar-refractivity contribution in [2.75, 3.05) is 13.2 Å². The third kappa shape index (κ3) is 1.43. The van der Waals surface area contributed by atoms with Crippen LogP contribution in [0.1, 0.15) is 20.3 Å². The number of hydrogen-bond acceptors (Lipinski definition) is 2. The molecule has 2 atom stereocenters. The lowest BCUT2D eigenvalue weighted by Gasteiger charge is -2.09. The third-order valence-corrected chi connectivity index (χ3v) is 1.71. The van der Waals surface area contributed by atoms with E-state index in [9.17, 15) is 0 Å². The summed E-state index contributed by atoms with van der Waals surface area (Å²) in [5, 5.41) is 3.33. The first kappa shape index (κ1) is 7.03. The molecular formula is C7H15NO. The van der Waals surface area contributed by atoms with Crippen molar-refractivity contribution in [2.45, 2.75) is 32.4 Å². The van der Waals surface area contributed by atoms with Gasteiger partial charge < -0.3 is 10.1 Å². The van der Waals surface area contributed by atoms with Crippen molar-refractivity contribution in [1.29, 1.82) is 0 Å². The predicted molar refractivity (Wildman–Crippen MR) is 37.5 cm³/mol. The van der Waals surface area contributed by atoms with Crippen LogP contribution in [0.25, 0.3) is 0 Å². The smallest absolute Gasteiger partial charge is 0.0716 e. The van der Waals surface area contributed by atoms with E-state index in [4.69, 9.17) is 4.74 Å². The number of hydrogen-bond donors (Lipinski definition) is 1. The van der Waals surface area contributed by atoms with Crippen LogP contribution in [0.15, 0.2) is 0 Å². The first-order valence-corrected chi connectivity index (χ1v) is 3.80. The van der Waals surface area contributed by atoms with Gasteiger partial charge in [-0.2, -0.15) is 0 Å². The molecular weight excluding hydrogens is 114 g/mol. The Morgan fingerprint density at radius 1 is 1.44 bits per heavy atom. The van der Waals surface area contributed by atoms with Gasteiger partial charge in [-0.15, -0.1) is 0 Å². The number of nitrogens with one attached hydrogen (secondary N) is 1. The Morgan fingerprint density at radius 3 is 2.33 bits per heavy atom. The molecule has 2 bridgehead atoms. The Balaban J connectivity index is 0.000000186. The van der Waals surface area contributed by atoms with Crippen molar-refractivity contribution < 1.29 is 4.74 Å². The highest BCUT2D eigenvalue weighted by Crippen LogP contribution is 2.17. The van der Waals surface area contributed by atoms with E-state index in [-0.39, 0.29) is 0 Å². The monoisotopic (exact) mass is 129 g/mol. The summed E-state index contributed by atoms with van der Waals surface area (Å²) in [6, 6.07) is 0.699. The predicted octanol–water partition coefficient (Wildman–Crippen LogP) is 0.773. The zero-order valence-corrected chi connectivity index (χ0v) is 6.18. The lowest BCUT2D eigenvalue weighted by Crippen LogP contribution is -2.30. The summed E-state index contributed by atoms with van der Waals surface area (Å²) in [5.41, 5.74) is 0. The van der Waals surface area contributed by atoms with E-state index in [2.05, 4.69) is 5.32 Å². The van der Waals surface area contributed by atoms with Crippen molar-refractivity contribution in [3.8, 4) is 0 Å². The lowest BCUT2D eigenvalue weighted by molar-refractivity contribution is 0.0892. The van der Waals surface area contributed by atoms with Crippen LogP contribution >= 0.6 is 0 Å². The number of ether oxygens (including phenoxy) is 1. The fourth-order valence-electron chi connectivity index (χ4n) is 1.29. The standard InChI is InChI=1S/C5H9NO.C2H6/c1-4-3-7-5(1)2-6-4;1-2/h4-6H,1-3H2;1-2H3/t4-,5-;/m0./s1. The van der Waals surface area contributed by atoms with Crippen LogP contribution in [0.3, 0.4) is 0 Å². The Hall–Kier alpha value is -0.0800. The van der Waals surface area contributed by atoms with Crippen LogP contribution in [0.5, 0.6) is 0 Å². The van der Waals surface area contributed by atoms with Gasteiger partial charge in [0.15, 0.2) is 0 Å². The van der Waals surface area contributed by atoms with Crippen LogP contribution in [0.4, 0.5) is 0 Å². The molecule has 0 spiro atoms. The molecule has 0 aliphatic carbocycles. The van der Waals surface area contributed by atoms with Crippen molar-refractivity contribution in [3.63, 3.8) is 0 Å². The molecule has 1 N–H and O–H groups in total. The van der Waals surface area contributed by atoms with E-state index >= 15 is 0 Å². The minimum absolute atomic E-state index is 0.560. The van der Waals surface area contributed by atoms with Gasteiger partial charge >= 0.3 is 0 Å². The zero-order valence-electron chi connectivity index (χ0n) is 6.18. The first-order chi connectivity index (χ1) is 4.45. The molecule has 0 saturated carbocycles. The van der Waals surface area contributed by atoms with Gasteiger partial charge in [0.05, 0.1) is 12.7 Å². The molecule has 2 saturated heterocycles. The maximum atomic E-state index is 5.29. The summed E-state index contributed by atoms with van der Waals surface area (Å²) in [6.07, 6.45) is 1.81. The topological polar surface area (TPSA) is 21.3 Å². The molecule has 0 aromatic heterocycles. The zero-order chi connectivity index (χ0) is 6.69. The third-order valence-electron chi connectivity index (χ3n) is 1.71. The Kier molecular flexibility index (Phi) is 2.49. The molecule has 2 heteroatoms. The van der Waals surface area contributed by atoms with Crippen LogP contribution in [-0.2, 0) is 4.74 Å². The molecule has 2 fully saturated rings. The van der Waals surface area contributed by atoms with E-state index in [0.717, 1.165) is 13.2 Å². The Morgan fingerprint density at radius 2 is 2.22 bits per heavy atom. The molecule has 0 amide bonds. The van der Waals surface area contributed by atoms with E-state index in [1.54, 1.807) is 0 Å². The average Bonchev–Trinajstić information content (AvgIpc) is 2.53. The molecule has 0 aromatic carbocycles. The minimum Gasteiger partial charge on any atom is -0.375 e. The highest BCUT2D eigenvalue weighted by atomic mass is 16.5. The van der Waals surface area contributed by atoms with Gasteiger partial charge in [0.25, 0.3) is 0 Å². The van der Waals surface area contributed by atoms with Crippen LogP contribution in [-0.4, -0.2) is 25.3 Å². The normalized spacial score (nSPS) is 38.0. The second-order valence-corrected chi connectivity index (χ2v) is 2.30. The van der Waals surface area contributed by atoms with Crippen LogP contribution in [0.2, 0.25) is 0 Å². The highest BCUT2D eigenvalue weighted by Gasteiger charge is 2.31. The van der Waals surface area contributed by atoms with Crippen molar-refractivity contribution in [1.82, 2.24) is 5.32 Å². The second kappa shape index (κ2) is 3.18. The molecule has 2 nitrogen and oxygen atoms in total. The summed E-state index contributed by atoms with van der Waals surface area (Å²) in [5.74, 6) is 0. The van der Waals surface area contributed by atoms with Gasteiger partial charge in [0, 0.05) is 12.6 Å². The van der Waals surface area contributed by atoms with Gasteiger partial charge in [-0.1, -0.05) is 13.8 Å². The molecule has 9 heavy (non-hydrogen) atoms. The van der Waals surface area contributed by atoms with Crippen molar-refractivity contribution in [3.05, 3.63) is 0 Å². The fraction of sp³-hybridized carbons (Fsp3) is 1.00. The Bertz CT molecular complexity index is 67.0. The van der Waals surface area contributed by atoms with Gasteiger partial charge in [-0.3, -0.25) is 0 Å². The van der Waals surface area contributed by atoms with E-state index in [1.807, 2.05) is 13.8 Å². The SMILES string of the molecule is C1O[C@@H]2CN[C@H]1C2.CC. The molecule has 0 aromatic rings. The largest absolute Gasteiger partial charge is 0.375 e. The molecule has 2 aliphatic rings. The van der Waals surface area contributed by atoms with Crippen molar-refractivity contribution >= 4 is 0 Å². The molecule has 2 aliphatic heterocycles. The number of morpholine rings is 1. The first-order valence-electron chi connectivity index (χ1n) is 3.80. The highest BCUT2D eigenvalue weighted by molar-refractivity contribution is 4.87. The summed E-state index contributed by atoms with van der Waals surface area (Å²) < 4.78 is 5.29. The van der Waals surface area contributed by atoms with Crippen LogP contribution in [0, 0.1) is 0 Å². The molecule has 2 rings (SSSR count). The van der Waals surface area contributed by atoms with Gasteiger partial charge in [-0.25, -0.2) is 0 Å². The van der Waals surface area contributed by atoms with Gasteiger partial charge in [0.1, 0.15) is 0 Å². The van der Waals surface area contributed by atoms with Gasteiger partial charge in [0.2, 0.25) is 0 Å². The average molecular weight is 129 g/mol. The van der Waals surface area contributed by atoms with E-state index in [0.29, 0.717) is 12.1 Å². The van der Waals surface area contributed by atoms with E-state index < -0.39 is 0 Å². The second-order valence-electron chi connectivity index (χ2n) is 2.30. The summed E-state index contributed by atoms with van der Waals surface area (Å²) in [4.78, 5) is 0. The summed E-state index contributed by atoms with van der Waals surface area (Å²) in [6.45, 7) is 6.04. The molecule has 2 heterocycles. The maximum Gasteiger partial charge on any atom is 0.0716 e. The number of fused-ring (bicyclic) bond motifs is 2. The lowest BCUT2D eigenvalue weighted by atomic mass is 10.3. The minimum atomic E-state index is 0.560. The summed E-state index contributed by atoms with van der Waals surface area (Å²) in [7, 11) is 0. The van der Waals surface area contributed by atoms with Crippen LogP contribution < -0.4 is 5.32 Å². The molecule has 54 valence electrons. The van der Waals surface area contributed by atoms with Gasteiger partial charge in [-0.05, 0) is 6.42 Å². The molecule has 0 unspecified atom stereocenters.